The number of hydrogen-bond acceptors (Lipinski definition) is 6. The van der Waals surface area contributed by atoms with Crippen molar-refractivity contribution in [3.8, 4) is 0 Å². The zero-order chi connectivity index (χ0) is 29.6. The van der Waals surface area contributed by atoms with Crippen LogP contribution in [0.2, 0.25) is 0 Å². The van der Waals surface area contributed by atoms with Gasteiger partial charge in [0.05, 0.1) is 12.6 Å². The largest absolute Gasteiger partial charge is 0.445 e. The molecule has 0 bridgehead atoms. The van der Waals surface area contributed by atoms with Crippen LogP contribution in [0, 0.1) is 5.92 Å². The first-order valence-corrected chi connectivity index (χ1v) is 13.9. The van der Waals surface area contributed by atoms with Crippen molar-refractivity contribution in [3.05, 3.63) is 71.9 Å². The lowest BCUT2D eigenvalue weighted by atomic mass is 9.89. The molecular formula is C31H38N4O6. The van der Waals surface area contributed by atoms with Crippen molar-refractivity contribution >= 4 is 34.6 Å². The zero-order valence-corrected chi connectivity index (χ0v) is 23.9. The van der Waals surface area contributed by atoms with E-state index in [-0.39, 0.29) is 24.7 Å². The number of hydrogen-bond donors (Lipinski definition) is 4. The molecule has 5 atom stereocenters. The summed E-state index contributed by atoms with van der Waals surface area (Å²) < 4.78 is 10.6. The number of nitrogens with one attached hydrogen (secondary N) is 4. The lowest BCUT2D eigenvalue weighted by Gasteiger charge is -2.28. The Morgan fingerprint density at radius 1 is 0.976 bits per heavy atom. The number of epoxide rings is 1. The number of ketones is 1. The SMILES string of the molecule is CC[C@H](C)C(NC(=O)[C@H](Cc1c[nH]c2ccccc12)NC(=O)[C@H](C)NC(=O)OCc1ccccc1)C(=O)[C@@]1(C)CO1. The van der Waals surface area contributed by atoms with Gasteiger partial charge in [0.25, 0.3) is 0 Å². The number of aromatic amines is 1. The lowest BCUT2D eigenvalue weighted by Crippen LogP contribution is -2.58. The van der Waals surface area contributed by atoms with Gasteiger partial charge in [0.1, 0.15) is 24.3 Å². The normalized spacial score (nSPS) is 18.9. The zero-order valence-electron chi connectivity index (χ0n) is 23.9. The maximum atomic E-state index is 13.7. The Morgan fingerprint density at radius 2 is 1.66 bits per heavy atom. The quantitative estimate of drug-likeness (QED) is 0.235. The van der Waals surface area contributed by atoms with Crippen LogP contribution in [0.3, 0.4) is 0 Å². The minimum atomic E-state index is -1.02. The molecule has 218 valence electrons. The third-order valence-electron chi connectivity index (χ3n) is 7.56. The maximum absolute atomic E-state index is 13.7. The third-order valence-corrected chi connectivity index (χ3v) is 7.56. The van der Waals surface area contributed by atoms with Gasteiger partial charge in [-0.15, -0.1) is 0 Å². The molecule has 10 nitrogen and oxygen atoms in total. The van der Waals surface area contributed by atoms with Gasteiger partial charge in [0.2, 0.25) is 11.8 Å². The fourth-order valence-corrected chi connectivity index (χ4v) is 4.57. The molecule has 1 aliphatic rings. The van der Waals surface area contributed by atoms with Crippen LogP contribution in [-0.2, 0) is 36.9 Å². The summed E-state index contributed by atoms with van der Waals surface area (Å²) in [5.41, 5.74) is 1.63. The van der Waals surface area contributed by atoms with Crippen molar-refractivity contribution < 1.29 is 28.7 Å². The molecule has 2 aromatic carbocycles. The predicted octanol–water partition coefficient (Wildman–Crippen LogP) is 3.40. The van der Waals surface area contributed by atoms with Crippen LogP contribution in [0.15, 0.2) is 60.8 Å². The highest BCUT2D eigenvalue weighted by molar-refractivity contribution is 5.98. The molecule has 3 aromatic rings. The van der Waals surface area contributed by atoms with Crippen molar-refractivity contribution in [3.63, 3.8) is 0 Å². The Hall–Kier alpha value is -4.18. The predicted molar refractivity (Wildman–Crippen MR) is 154 cm³/mol. The molecule has 10 heteroatoms. The van der Waals surface area contributed by atoms with Gasteiger partial charge in [-0.1, -0.05) is 68.8 Å². The number of aromatic nitrogens is 1. The number of benzene rings is 2. The molecule has 1 fully saturated rings. The first kappa shape index (κ1) is 29.8. The first-order chi connectivity index (χ1) is 19.6. The standard InChI is InChI=1S/C31H38N4O6/c1-5-19(2)26(27(36)31(4)18-41-31)35-29(38)25(15-22-16-32-24-14-10-9-13-23(22)24)34-28(37)20(3)33-30(39)40-17-21-11-7-6-8-12-21/h6-14,16,19-20,25-26,32H,5,15,17-18H2,1-4H3,(H,33,39)(H,34,37)(H,35,38)/t19-,20-,25-,26?,31+/m0/s1. The second-order valence-corrected chi connectivity index (χ2v) is 10.8. The maximum Gasteiger partial charge on any atom is 0.408 e. The van der Waals surface area contributed by atoms with E-state index >= 15 is 0 Å². The van der Waals surface area contributed by atoms with Crippen LogP contribution < -0.4 is 16.0 Å². The van der Waals surface area contributed by atoms with Crippen molar-refractivity contribution in [2.24, 2.45) is 5.92 Å². The van der Waals surface area contributed by atoms with Gasteiger partial charge in [-0.2, -0.15) is 0 Å². The van der Waals surface area contributed by atoms with Gasteiger partial charge >= 0.3 is 6.09 Å². The Morgan fingerprint density at radius 3 is 2.34 bits per heavy atom. The molecule has 4 N–H and O–H groups in total. The van der Waals surface area contributed by atoms with Crippen molar-refractivity contribution in [2.75, 3.05) is 6.61 Å². The fraction of sp³-hybridized carbons (Fsp3) is 0.419. The topological polar surface area (TPSA) is 142 Å². The van der Waals surface area contributed by atoms with E-state index in [4.69, 9.17) is 9.47 Å². The molecule has 4 rings (SSSR count). The number of amides is 3. The number of fused-ring (bicyclic) bond motifs is 1. The molecule has 0 aliphatic carbocycles. The molecule has 2 heterocycles. The van der Waals surface area contributed by atoms with Gasteiger partial charge in [-0.05, 0) is 37.0 Å². The van der Waals surface area contributed by atoms with E-state index < -0.39 is 41.6 Å². The van der Waals surface area contributed by atoms with E-state index in [1.807, 2.05) is 68.4 Å². The van der Waals surface area contributed by atoms with E-state index in [2.05, 4.69) is 20.9 Å². The summed E-state index contributed by atoms with van der Waals surface area (Å²) in [7, 11) is 0. The average molecular weight is 563 g/mol. The number of alkyl carbamates (subject to hydrolysis) is 1. The number of carbonyl (C=O) groups is 4. The highest BCUT2D eigenvalue weighted by Gasteiger charge is 2.51. The summed E-state index contributed by atoms with van der Waals surface area (Å²) in [6.07, 6.45) is 1.88. The summed E-state index contributed by atoms with van der Waals surface area (Å²) in [5, 5.41) is 9.10. The van der Waals surface area contributed by atoms with Crippen molar-refractivity contribution in [1.82, 2.24) is 20.9 Å². The average Bonchev–Trinajstić information content (AvgIpc) is 3.61. The van der Waals surface area contributed by atoms with E-state index in [1.54, 1.807) is 13.1 Å². The Kier molecular flexibility index (Phi) is 9.44. The minimum absolute atomic E-state index is 0.0558. The third kappa shape index (κ3) is 7.52. The van der Waals surface area contributed by atoms with Crippen LogP contribution >= 0.6 is 0 Å². The molecule has 41 heavy (non-hydrogen) atoms. The highest BCUT2D eigenvalue weighted by Crippen LogP contribution is 2.30. The van der Waals surface area contributed by atoms with E-state index in [0.29, 0.717) is 13.0 Å². The van der Waals surface area contributed by atoms with Crippen LogP contribution in [-0.4, -0.2) is 59.0 Å². The van der Waals surface area contributed by atoms with Crippen LogP contribution in [0.25, 0.3) is 10.9 Å². The number of Topliss-reactive ketones (excluding diaryl/α,β-unsaturated/α-hetero) is 1. The highest BCUT2D eigenvalue weighted by atomic mass is 16.6. The molecule has 0 saturated carbocycles. The molecular weight excluding hydrogens is 524 g/mol. The summed E-state index contributed by atoms with van der Waals surface area (Å²) >= 11 is 0. The van der Waals surface area contributed by atoms with Gasteiger partial charge in [-0.3, -0.25) is 14.4 Å². The smallest absolute Gasteiger partial charge is 0.408 e. The molecule has 1 aliphatic heterocycles. The number of rotatable bonds is 13. The van der Waals surface area contributed by atoms with Gasteiger partial charge < -0.3 is 30.4 Å². The summed E-state index contributed by atoms with van der Waals surface area (Å²) in [6, 6.07) is 14.1. The molecule has 1 aromatic heterocycles. The van der Waals surface area contributed by atoms with Gasteiger partial charge in [0, 0.05) is 23.5 Å². The first-order valence-electron chi connectivity index (χ1n) is 13.9. The second kappa shape index (κ2) is 13.0. The van der Waals surface area contributed by atoms with E-state index in [9.17, 15) is 19.2 Å². The van der Waals surface area contributed by atoms with Crippen molar-refractivity contribution in [1.29, 1.82) is 0 Å². The van der Waals surface area contributed by atoms with E-state index in [1.165, 1.54) is 6.92 Å². The number of para-hydroxylation sites is 1. The van der Waals surface area contributed by atoms with Gasteiger partial charge in [0.15, 0.2) is 5.78 Å². The van der Waals surface area contributed by atoms with Crippen molar-refractivity contribution in [2.45, 2.75) is 70.9 Å². The Labute approximate surface area is 239 Å². The van der Waals surface area contributed by atoms with Crippen LogP contribution in [0.1, 0.15) is 45.2 Å². The summed E-state index contributed by atoms with van der Waals surface area (Å²) in [4.78, 5) is 55.6. The van der Waals surface area contributed by atoms with Crippen LogP contribution in [0.4, 0.5) is 4.79 Å². The Bertz CT molecular complexity index is 1380. The Balaban J connectivity index is 1.47. The summed E-state index contributed by atoms with van der Waals surface area (Å²) in [6.45, 7) is 7.44. The lowest BCUT2D eigenvalue weighted by molar-refractivity contribution is -0.134. The van der Waals surface area contributed by atoms with Gasteiger partial charge in [-0.25, -0.2) is 4.79 Å². The fourth-order valence-electron chi connectivity index (χ4n) is 4.57. The molecule has 3 amide bonds. The molecule has 0 spiro atoms. The minimum Gasteiger partial charge on any atom is -0.445 e. The molecule has 1 saturated heterocycles. The number of carbonyl (C=O) groups excluding carboxylic acids is 4. The second-order valence-electron chi connectivity index (χ2n) is 10.8. The van der Waals surface area contributed by atoms with Crippen LogP contribution in [0.5, 0.6) is 0 Å². The monoisotopic (exact) mass is 562 g/mol. The molecule has 0 radical (unpaired) electrons. The number of ether oxygens (including phenoxy) is 2. The molecule has 1 unspecified atom stereocenters. The number of H-pyrrole nitrogens is 1. The van der Waals surface area contributed by atoms with E-state index in [0.717, 1.165) is 22.0 Å². The summed E-state index contributed by atoms with van der Waals surface area (Å²) in [5.74, 6) is -1.39.